The van der Waals surface area contributed by atoms with Crippen LogP contribution in [0.2, 0.25) is 0 Å². The average Bonchev–Trinajstić information content (AvgIpc) is 3.41. The van der Waals surface area contributed by atoms with Crippen molar-refractivity contribution in [2.24, 2.45) is 0 Å². The van der Waals surface area contributed by atoms with Gasteiger partial charge in [-0.25, -0.2) is 4.98 Å². The molecule has 0 saturated heterocycles. The van der Waals surface area contributed by atoms with Gasteiger partial charge in [0, 0.05) is 4.88 Å². The number of hydrogen-bond donors (Lipinski definition) is 1. The van der Waals surface area contributed by atoms with Gasteiger partial charge < -0.3 is 5.32 Å². The van der Waals surface area contributed by atoms with Crippen LogP contribution in [0.3, 0.4) is 0 Å². The highest BCUT2D eigenvalue weighted by molar-refractivity contribution is 8.00. The van der Waals surface area contributed by atoms with Crippen LogP contribution in [0.15, 0.2) is 64.5 Å². The minimum atomic E-state index is -0.539. The van der Waals surface area contributed by atoms with Crippen molar-refractivity contribution in [3.8, 4) is 11.8 Å². The first-order valence-electron chi connectivity index (χ1n) is 10.7. The van der Waals surface area contributed by atoms with Gasteiger partial charge in [-0.1, -0.05) is 42.1 Å². The highest BCUT2D eigenvalue weighted by Gasteiger charge is 2.26. The van der Waals surface area contributed by atoms with Crippen LogP contribution in [-0.4, -0.2) is 20.7 Å². The molecule has 1 aliphatic carbocycles. The van der Waals surface area contributed by atoms with Crippen LogP contribution in [0.25, 0.3) is 15.9 Å². The van der Waals surface area contributed by atoms with Crippen molar-refractivity contribution >= 4 is 44.9 Å². The molecule has 8 heteroatoms. The van der Waals surface area contributed by atoms with Gasteiger partial charge in [0.2, 0.25) is 5.91 Å². The minimum Gasteiger partial charge on any atom is -0.324 e. The van der Waals surface area contributed by atoms with E-state index < -0.39 is 5.25 Å². The molecule has 2 aromatic heterocycles. The zero-order valence-corrected chi connectivity index (χ0v) is 19.5. The zero-order valence-electron chi connectivity index (χ0n) is 17.9. The molecule has 5 rings (SSSR count). The number of benzene rings is 2. The fourth-order valence-electron chi connectivity index (χ4n) is 4.04. The molecule has 1 atom stereocenters. The quantitative estimate of drug-likeness (QED) is 0.329. The van der Waals surface area contributed by atoms with Crippen LogP contribution >= 0.6 is 23.1 Å². The van der Waals surface area contributed by atoms with Gasteiger partial charge in [0.15, 0.2) is 5.16 Å². The lowest BCUT2D eigenvalue weighted by Crippen LogP contribution is -2.26. The Labute approximate surface area is 198 Å². The standard InChI is InChI=1S/C25H20N4O2S2/c1-15(22(30)27-19-12-6-5-8-16(19)14-26)32-25-28-23-21(18-11-7-13-20(18)33-23)24(31)29(25)17-9-3-2-4-10-17/h2-6,8-10,12,15H,7,11,13H2,1H3,(H,27,30). The van der Waals surface area contributed by atoms with Crippen LogP contribution in [0, 0.1) is 11.3 Å². The highest BCUT2D eigenvalue weighted by atomic mass is 32.2. The lowest BCUT2D eigenvalue weighted by Gasteiger charge is -2.16. The number of anilines is 1. The molecule has 2 heterocycles. The van der Waals surface area contributed by atoms with Gasteiger partial charge in [0.05, 0.1) is 27.6 Å². The second kappa shape index (κ2) is 8.85. The predicted octanol–water partition coefficient (Wildman–Crippen LogP) is 4.93. The van der Waals surface area contributed by atoms with Gasteiger partial charge in [-0.3, -0.25) is 14.2 Å². The summed E-state index contributed by atoms with van der Waals surface area (Å²) in [5, 5.41) is 12.8. The van der Waals surface area contributed by atoms with E-state index in [4.69, 9.17) is 4.98 Å². The van der Waals surface area contributed by atoms with E-state index in [9.17, 15) is 14.9 Å². The summed E-state index contributed by atoms with van der Waals surface area (Å²) < 4.78 is 1.62. The molecular formula is C25H20N4O2S2. The van der Waals surface area contributed by atoms with Crippen LogP contribution in [0.1, 0.15) is 29.3 Å². The smallest absolute Gasteiger partial charge is 0.267 e. The monoisotopic (exact) mass is 472 g/mol. The largest absolute Gasteiger partial charge is 0.324 e. The Kier molecular flexibility index (Phi) is 5.75. The van der Waals surface area contributed by atoms with Gasteiger partial charge in [-0.2, -0.15) is 5.26 Å². The number of thioether (sulfide) groups is 1. The van der Waals surface area contributed by atoms with E-state index in [-0.39, 0.29) is 11.5 Å². The number of aromatic nitrogens is 2. The van der Waals surface area contributed by atoms with Gasteiger partial charge in [0.25, 0.3) is 5.56 Å². The molecule has 164 valence electrons. The first-order valence-corrected chi connectivity index (χ1v) is 12.4. The van der Waals surface area contributed by atoms with Crippen molar-refractivity contribution < 1.29 is 4.79 Å². The molecule has 1 aliphatic rings. The van der Waals surface area contributed by atoms with E-state index in [1.54, 1.807) is 47.1 Å². The normalized spacial score (nSPS) is 13.5. The number of carbonyl (C=O) groups excluding carboxylic acids is 1. The average molecular weight is 473 g/mol. The number of amides is 1. The number of carbonyl (C=O) groups is 1. The third kappa shape index (κ3) is 3.94. The first-order chi connectivity index (χ1) is 16.1. The summed E-state index contributed by atoms with van der Waals surface area (Å²) in [5.74, 6) is -0.259. The Bertz CT molecular complexity index is 1470. The van der Waals surface area contributed by atoms with Gasteiger partial charge in [-0.15, -0.1) is 11.3 Å². The number of para-hydroxylation sites is 2. The maximum Gasteiger partial charge on any atom is 0.267 e. The fourth-order valence-corrected chi connectivity index (χ4v) is 6.27. The van der Waals surface area contributed by atoms with E-state index in [0.29, 0.717) is 21.8 Å². The number of nitriles is 1. The Balaban J connectivity index is 1.54. The van der Waals surface area contributed by atoms with E-state index in [1.165, 1.54) is 16.6 Å². The van der Waals surface area contributed by atoms with Crippen molar-refractivity contribution in [1.82, 2.24) is 9.55 Å². The summed E-state index contributed by atoms with van der Waals surface area (Å²) in [5.41, 5.74) is 2.64. The van der Waals surface area contributed by atoms with Crippen LogP contribution in [0.5, 0.6) is 0 Å². The molecule has 6 nitrogen and oxygen atoms in total. The van der Waals surface area contributed by atoms with Crippen LogP contribution < -0.4 is 10.9 Å². The summed E-state index contributed by atoms with van der Waals surface area (Å²) in [4.78, 5) is 33.5. The molecule has 0 spiro atoms. The molecule has 4 aromatic rings. The van der Waals surface area contributed by atoms with Crippen molar-refractivity contribution in [3.63, 3.8) is 0 Å². The van der Waals surface area contributed by atoms with Gasteiger partial charge >= 0.3 is 0 Å². The molecule has 1 unspecified atom stereocenters. The van der Waals surface area contributed by atoms with Crippen molar-refractivity contribution in [2.45, 2.75) is 36.6 Å². The minimum absolute atomic E-state index is 0.0875. The van der Waals surface area contributed by atoms with Gasteiger partial charge in [0.1, 0.15) is 10.9 Å². The summed E-state index contributed by atoms with van der Waals surface area (Å²) in [6, 6.07) is 18.4. The maximum absolute atomic E-state index is 13.7. The predicted molar refractivity (Wildman–Crippen MR) is 132 cm³/mol. The molecule has 2 aromatic carbocycles. The lowest BCUT2D eigenvalue weighted by molar-refractivity contribution is -0.115. The molecule has 0 radical (unpaired) electrons. The molecular weight excluding hydrogens is 452 g/mol. The molecule has 33 heavy (non-hydrogen) atoms. The number of fused-ring (bicyclic) bond motifs is 3. The summed E-state index contributed by atoms with van der Waals surface area (Å²) in [6.07, 6.45) is 2.96. The summed E-state index contributed by atoms with van der Waals surface area (Å²) >= 11 is 2.83. The zero-order chi connectivity index (χ0) is 22.9. The van der Waals surface area contributed by atoms with Crippen molar-refractivity contribution in [3.05, 3.63) is 81.0 Å². The van der Waals surface area contributed by atoms with Gasteiger partial charge in [-0.05, 0) is 56.0 Å². The molecule has 0 fully saturated rings. The molecule has 0 aliphatic heterocycles. The highest BCUT2D eigenvalue weighted by Crippen LogP contribution is 2.36. The third-order valence-electron chi connectivity index (χ3n) is 5.68. The second-order valence-electron chi connectivity index (χ2n) is 7.81. The van der Waals surface area contributed by atoms with Crippen LogP contribution in [0.4, 0.5) is 5.69 Å². The van der Waals surface area contributed by atoms with E-state index in [1.807, 2.05) is 30.3 Å². The van der Waals surface area contributed by atoms with Crippen molar-refractivity contribution in [2.75, 3.05) is 5.32 Å². The molecule has 0 bridgehead atoms. The SMILES string of the molecule is CC(Sc1nc2sc3c(c2c(=O)n1-c1ccccc1)CCC3)C(=O)Nc1ccccc1C#N. The third-order valence-corrected chi connectivity index (χ3v) is 7.92. The number of hydrogen-bond acceptors (Lipinski definition) is 6. The van der Waals surface area contributed by atoms with Crippen LogP contribution in [-0.2, 0) is 17.6 Å². The molecule has 0 saturated carbocycles. The Morgan fingerprint density at radius 1 is 1.18 bits per heavy atom. The Morgan fingerprint density at radius 3 is 2.73 bits per heavy atom. The number of nitrogens with one attached hydrogen (secondary N) is 1. The Hall–Kier alpha value is -3.41. The fraction of sp³-hybridized carbons (Fsp3) is 0.200. The summed E-state index contributed by atoms with van der Waals surface area (Å²) in [7, 11) is 0. The Morgan fingerprint density at radius 2 is 1.94 bits per heavy atom. The first kappa shape index (κ1) is 21.4. The van der Waals surface area contributed by atoms with E-state index >= 15 is 0 Å². The van der Waals surface area contributed by atoms with Crippen molar-refractivity contribution in [1.29, 1.82) is 5.26 Å². The molecule has 1 amide bonds. The summed E-state index contributed by atoms with van der Waals surface area (Å²) in [6.45, 7) is 1.77. The van der Waals surface area contributed by atoms with E-state index in [0.717, 1.165) is 35.3 Å². The maximum atomic E-state index is 13.7. The second-order valence-corrected chi connectivity index (χ2v) is 10.2. The number of rotatable bonds is 5. The lowest BCUT2D eigenvalue weighted by atomic mass is 10.2. The number of thiophene rings is 1. The van der Waals surface area contributed by atoms with E-state index in [2.05, 4.69) is 11.4 Å². The number of nitrogens with zero attached hydrogens (tertiary/aromatic N) is 3. The molecule has 1 N–H and O–H groups in total. The number of aryl methyl sites for hydroxylation is 2. The topological polar surface area (TPSA) is 87.8 Å².